The van der Waals surface area contributed by atoms with Gasteiger partial charge in [-0.1, -0.05) is 11.3 Å². The van der Waals surface area contributed by atoms with Crippen LogP contribution in [-0.2, 0) is 24.5 Å². The number of likely N-dealkylation sites (tertiary alicyclic amines) is 1. The average Bonchev–Trinajstić information content (AvgIpc) is 3.08. The van der Waals surface area contributed by atoms with Crippen molar-refractivity contribution >= 4 is 0 Å². The van der Waals surface area contributed by atoms with Gasteiger partial charge in [-0.2, -0.15) is 0 Å². The predicted octanol–water partition coefficient (Wildman–Crippen LogP) is 2.04. The number of aliphatic hydroxyl groups is 1. The summed E-state index contributed by atoms with van der Waals surface area (Å²) in [6, 6.07) is 2.43. The number of ether oxygens (including phenoxy) is 1. The zero-order valence-corrected chi connectivity index (χ0v) is 15.2. The molecular weight excluding hydrogens is 316 g/mol. The maximum absolute atomic E-state index is 9.71. The van der Waals surface area contributed by atoms with Gasteiger partial charge in [0.1, 0.15) is 0 Å². The van der Waals surface area contributed by atoms with Gasteiger partial charge in [0.2, 0.25) is 0 Å². The lowest BCUT2D eigenvalue weighted by Crippen LogP contribution is -2.47. The molecule has 134 valence electrons. The number of hydrogen-bond acceptors (Lipinski definition) is 5. The maximum Gasteiger partial charge on any atom is 0.0930 e. The van der Waals surface area contributed by atoms with Crippen LogP contribution < -0.4 is 0 Å². The molecule has 4 rings (SSSR count). The molecule has 0 amide bonds. The Labute approximate surface area is 148 Å². The molecular formula is C19H26N4O2. The van der Waals surface area contributed by atoms with E-state index < -0.39 is 0 Å². The van der Waals surface area contributed by atoms with Crippen molar-refractivity contribution in [1.82, 2.24) is 19.9 Å². The largest absolute Gasteiger partial charge is 0.392 e. The molecule has 2 aromatic rings. The lowest BCUT2D eigenvalue weighted by Gasteiger charge is -2.41. The lowest BCUT2D eigenvalue weighted by molar-refractivity contribution is -0.0670. The molecule has 0 aliphatic carbocycles. The number of aromatic nitrogens is 3. The van der Waals surface area contributed by atoms with Gasteiger partial charge in [-0.25, -0.2) is 4.68 Å². The molecule has 0 spiro atoms. The van der Waals surface area contributed by atoms with E-state index in [1.54, 1.807) is 6.20 Å². The van der Waals surface area contributed by atoms with Gasteiger partial charge in [0.05, 0.1) is 37.3 Å². The van der Waals surface area contributed by atoms with E-state index in [0.29, 0.717) is 6.61 Å². The summed E-state index contributed by atoms with van der Waals surface area (Å²) in [7, 11) is 0. The minimum absolute atomic E-state index is 0.103. The Kier molecular flexibility index (Phi) is 4.35. The number of benzene rings is 1. The lowest BCUT2D eigenvalue weighted by atomic mass is 9.92. The predicted molar refractivity (Wildman–Crippen MR) is 94.1 cm³/mol. The van der Waals surface area contributed by atoms with Crippen LogP contribution in [0.15, 0.2) is 12.3 Å². The zero-order chi connectivity index (χ0) is 17.6. The van der Waals surface area contributed by atoms with Crippen molar-refractivity contribution in [2.45, 2.75) is 59.1 Å². The molecule has 6 heteroatoms. The number of nitrogens with zero attached hydrogens (tertiary/aromatic N) is 4. The van der Waals surface area contributed by atoms with Gasteiger partial charge in [0.15, 0.2) is 0 Å². The topological polar surface area (TPSA) is 63.4 Å². The highest BCUT2D eigenvalue weighted by molar-refractivity contribution is 5.44. The van der Waals surface area contributed by atoms with Crippen LogP contribution in [0.5, 0.6) is 0 Å². The van der Waals surface area contributed by atoms with Crippen molar-refractivity contribution in [3.63, 3.8) is 0 Å². The quantitative estimate of drug-likeness (QED) is 0.925. The molecule has 1 aromatic heterocycles. The molecule has 1 saturated heterocycles. The summed E-state index contributed by atoms with van der Waals surface area (Å²) in [6.07, 6.45) is 3.05. The summed E-state index contributed by atoms with van der Waals surface area (Å²) in [6.45, 7) is 9.94. The highest BCUT2D eigenvalue weighted by Crippen LogP contribution is 2.32. The summed E-state index contributed by atoms with van der Waals surface area (Å²) in [5, 5.41) is 18.0. The van der Waals surface area contributed by atoms with Gasteiger partial charge < -0.3 is 9.84 Å². The fourth-order valence-electron chi connectivity index (χ4n) is 4.37. The zero-order valence-electron chi connectivity index (χ0n) is 15.2. The maximum atomic E-state index is 9.71. The van der Waals surface area contributed by atoms with Crippen molar-refractivity contribution in [3.05, 3.63) is 45.8 Å². The van der Waals surface area contributed by atoms with Crippen molar-refractivity contribution < 1.29 is 9.84 Å². The Balaban J connectivity index is 1.57. The number of fused-ring (bicyclic) bond motifs is 3. The molecule has 6 nitrogen and oxygen atoms in total. The van der Waals surface area contributed by atoms with Crippen LogP contribution in [0.25, 0.3) is 0 Å². The van der Waals surface area contributed by atoms with E-state index in [1.807, 2.05) is 4.68 Å². The second kappa shape index (κ2) is 6.52. The fraction of sp³-hybridized carbons (Fsp3) is 0.579. The number of rotatable bonds is 3. The summed E-state index contributed by atoms with van der Waals surface area (Å²) < 4.78 is 8.05. The van der Waals surface area contributed by atoms with E-state index in [-0.39, 0.29) is 18.8 Å². The van der Waals surface area contributed by atoms with Crippen molar-refractivity contribution in [2.24, 2.45) is 0 Å². The highest BCUT2D eigenvalue weighted by atomic mass is 16.5. The molecule has 1 aromatic carbocycles. The summed E-state index contributed by atoms with van der Waals surface area (Å²) >= 11 is 0. The number of piperidine rings is 1. The Morgan fingerprint density at radius 2 is 2.04 bits per heavy atom. The first-order chi connectivity index (χ1) is 12.1. The molecule has 2 aliphatic rings. The van der Waals surface area contributed by atoms with Crippen LogP contribution in [0.4, 0.5) is 0 Å². The van der Waals surface area contributed by atoms with E-state index in [0.717, 1.165) is 37.3 Å². The van der Waals surface area contributed by atoms with E-state index >= 15 is 0 Å². The molecule has 2 atom stereocenters. The SMILES string of the molecule is Cc1cc(C)c(CN2CCC3OCc4cnnn4C3C2)c(C)c1CO. The average molecular weight is 342 g/mol. The van der Waals surface area contributed by atoms with E-state index in [9.17, 15) is 5.11 Å². The molecule has 1 fully saturated rings. The fourth-order valence-corrected chi connectivity index (χ4v) is 4.37. The van der Waals surface area contributed by atoms with Crippen molar-refractivity contribution in [3.8, 4) is 0 Å². The summed E-state index contributed by atoms with van der Waals surface area (Å²) in [5.41, 5.74) is 7.17. The van der Waals surface area contributed by atoms with E-state index in [2.05, 4.69) is 42.0 Å². The third-order valence-electron chi connectivity index (χ3n) is 5.84. The van der Waals surface area contributed by atoms with Crippen molar-refractivity contribution in [2.75, 3.05) is 13.1 Å². The van der Waals surface area contributed by atoms with Gasteiger partial charge in [-0.05, 0) is 55.0 Å². The first kappa shape index (κ1) is 16.7. The molecule has 0 saturated carbocycles. The van der Waals surface area contributed by atoms with Crippen LogP contribution in [-0.4, -0.2) is 44.2 Å². The molecule has 2 unspecified atom stereocenters. The van der Waals surface area contributed by atoms with Crippen molar-refractivity contribution in [1.29, 1.82) is 0 Å². The first-order valence-corrected chi connectivity index (χ1v) is 9.01. The summed E-state index contributed by atoms with van der Waals surface area (Å²) in [5.74, 6) is 0. The van der Waals surface area contributed by atoms with E-state index in [1.165, 1.54) is 22.3 Å². The Hall–Kier alpha value is -1.76. The third-order valence-corrected chi connectivity index (χ3v) is 5.84. The number of aryl methyl sites for hydroxylation is 2. The highest BCUT2D eigenvalue weighted by Gasteiger charge is 2.36. The minimum Gasteiger partial charge on any atom is -0.392 e. The monoisotopic (exact) mass is 342 g/mol. The number of hydrogen-bond donors (Lipinski definition) is 1. The van der Waals surface area contributed by atoms with Gasteiger partial charge in [-0.3, -0.25) is 4.90 Å². The van der Waals surface area contributed by atoms with Gasteiger partial charge in [0.25, 0.3) is 0 Å². The second-order valence-electron chi connectivity index (χ2n) is 7.36. The van der Waals surface area contributed by atoms with Gasteiger partial charge >= 0.3 is 0 Å². The summed E-state index contributed by atoms with van der Waals surface area (Å²) in [4.78, 5) is 2.48. The first-order valence-electron chi connectivity index (χ1n) is 9.01. The molecule has 0 radical (unpaired) electrons. The molecule has 25 heavy (non-hydrogen) atoms. The smallest absolute Gasteiger partial charge is 0.0930 e. The Bertz CT molecular complexity index is 786. The van der Waals surface area contributed by atoms with Crippen LogP contribution in [0, 0.1) is 20.8 Å². The molecule has 3 heterocycles. The van der Waals surface area contributed by atoms with Crippen LogP contribution >= 0.6 is 0 Å². The second-order valence-corrected chi connectivity index (χ2v) is 7.36. The van der Waals surface area contributed by atoms with Gasteiger partial charge in [-0.15, -0.1) is 5.10 Å². The van der Waals surface area contributed by atoms with E-state index in [4.69, 9.17) is 4.74 Å². The van der Waals surface area contributed by atoms with Crippen LogP contribution in [0.1, 0.15) is 46.0 Å². The van der Waals surface area contributed by atoms with Crippen LogP contribution in [0.3, 0.4) is 0 Å². The molecule has 1 N–H and O–H groups in total. The Morgan fingerprint density at radius 1 is 1.24 bits per heavy atom. The van der Waals surface area contributed by atoms with Crippen LogP contribution in [0.2, 0.25) is 0 Å². The third kappa shape index (κ3) is 2.88. The standard InChI is InChI=1S/C19H26N4O2/c1-12-6-13(2)17(10-24)14(3)16(12)8-22-5-4-19-18(9-22)23-15(11-25-19)7-20-21-23/h6-7,18-19,24H,4-5,8-11H2,1-3H3. The molecule has 2 aliphatic heterocycles. The molecule has 0 bridgehead atoms. The number of aliphatic hydroxyl groups excluding tert-OH is 1. The van der Waals surface area contributed by atoms with Gasteiger partial charge in [0, 0.05) is 19.6 Å². The normalized spacial score (nSPS) is 23.4. The minimum atomic E-state index is 0.103. The Morgan fingerprint density at radius 3 is 2.84 bits per heavy atom.